The summed E-state index contributed by atoms with van der Waals surface area (Å²) >= 11 is 11.3. The third-order valence-electron chi connectivity index (χ3n) is 4.08. The zero-order chi connectivity index (χ0) is 19.8. The molecule has 6 nitrogen and oxygen atoms in total. The molecule has 0 bridgehead atoms. The van der Waals surface area contributed by atoms with Crippen LogP contribution in [0.3, 0.4) is 0 Å². The third kappa shape index (κ3) is 3.43. The van der Waals surface area contributed by atoms with Gasteiger partial charge in [0.15, 0.2) is 5.82 Å². The Bertz CT molecular complexity index is 1210. The lowest BCUT2D eigenvalue weighted by Gasteiger charge is -2.21. The maximum atomic E-state index is 12.6. The van der Waals surface area contributed by atoms with E-state index in [1.807, 2.05) is 30.7 Å². The van der Waals surface area contributed by atoms with Crippen LogP contribution in [0, 0.1) is 6.92 Å². The largest absolute Gasteiger partial charge is 0.401 e. The van der Waals surface area contributed by atoms with E-state index in [4.69, 9.17) is 16.0 Å². The zero-order valence-corrected chi connectivity index (χ0v) is 18.0. The maximum absolute atomic E-state index is 12.6. The van der Waals surface area contributed by atoms with E-state index in [1.165, 1.54) is 0 Å². The highest BCUT2D eigenvalue weighted by Crippen LogP contribution is 2.33. The number of pyridine rings is 1. The van der Waals surface area contributed by atoms with Gasteiger partial charge in [-0.2, -0.15) is 0 Å². The van der Waals surface area contributed by atoms with E-state index in [9.17, 15) is 4.79 Å². The van der Waals surface area contributed by atoms with E-state index in [2.05, 4.69) is 31.3 Å². The monoisotopic (exact) mass is 476 g/mol. The van der Waals surface area contributed by atoms with Crippen LogP contribution in [-0.2, 0) is 0 Å². The molecule has 142 valence electrons. The van der Waals surface area contributed by atoms with Gasteiger partial charge in [0.05, 0.1) is 21.6 Å². The van der Waals surface area contributed by atoms with Crippen molar-refractivity contribution in [3.05, 3.63) is 79.0 Å². The first-order chi connectivity index (χ1) is 13.5. The fourth-order valence-corrected chi connectivity index (χ4v) is 4.06. The van der Waals surface area contributed by atoms with Gasteiger partial charge in [-0.1, -0.05) is 27.5 Å². The molecule has 0 saturated heterocycles. The number of allylic oxidation sites excluding steroid dienone is 1. The van der Waals surface area contributed by atoms with Gasteiger partial charge in [0.2, 0.25) is 5.89 Å². The number of rotatable bonds is 3. The molecule has 0 aliphatic carbocycles. The molecular formula is C19H14BrClN4O2S. The van der Waals surface area contributed by atoms with Crippen LogP contribution in [0.15, 0.2) is 61.3 Å². The van der Waals surface area contributed by atoms with Gasteiger partial charge >= 0.3 is 5.63 Å². The number of hydrogen-bond donors (Lipinski definition) is 1. The van der Waals surface area contributed by atoms with Crippen LogP contribution >= 0.6 is 39.3 Å². The van der Waals surface area contributed by atoms with Crippen LogP contribution in [0.4, 0.5) is 5.82 Å². The number of benzene rings is 1. The Kier molecular flexibility index (Phi) is 5.18. The molecule has 3 heterocycles. The molecule has 2 aromatic heterocycles. The van der Waals surface area contributed by atoms with Crippen molar-refractivity contribution < 1.29 is 4.42 Å². The number of fused-ring (bicyclic) bond motifs is 1. The smallest absolute Gasteiger partial charge is 0.347 e. The average molecular weight is 478 g/mol. The minimum Gasteiger partial charge on any atom is -0.401 e. The Morgan fingerprint density at radius 1 is 1.39 bits per heavy atom. The molecule has 4 rings (SSSR count). The summed E-state index contributed by atoms with van der Waals surface area (Å²) in [5.74, 6) is 0.665. The topological polar surface area (TPSA) is 71.3 Å². The molecule has 0 atom stereocenters. The van der Waals surface area contributed by atoms with Gasteiger partial charge in [-0.3, -0.25) is 5.43 Å². The van der Waals surface area contributed by atoms with E-state index in [-0.39, 0.29) is 5.89 Å². The number of aryl methyl sites for hydroxylation is 1. The molecule has 1 aromatic carbocycles. The van der Waals surface area contributed by atoms with Crippen molar-refractivity contribution in [1.82, 2.24) is 15.4 Å². The van der Waals surface area contributed by atoms with Gasteiger partial charge in [-0.05, 0) is 54.5 Å². The number of halogens is 2. The second-order valence-electron chi connectivity index (χ2n) is 6.02. The van der Waals surface area contributed by atoms with Gasteiger partial charge < -0.3 is 4.42 Å². The van der Waals surface area contributed by atoms with Gasteiger partial charge in [0.1, 0.15) is 5.70 Å². The Morgan fingerprint density at radius 2 is 2.21 bits per heavy atom. The van der Waals surface area contributed by atoms with Crippen molar-refractivity contribution in [1.29, 1.82) is 0 Å². The SMILES string of the molecule is CSC=C1C=C(c2nc3c(C)cc(Br)cc3c(=O)o2)N(c2ncccc2Cl)N1. The Morgan fingerprint density at radius 3 is 2.96 bits per heavy atom. The molecule has 1 N–H and O–H groups in total. The van der Waals surface area contributed by atoms with E-state index in [0.29, 0.717) is 27.4 Å². The van der Waals surface area contributed by atoms with Crippen LogP contribution in [0.2, 0.25) is 5.02 Å². The van der Waals surface area contributed by atoms with Crippen LogP contribution < -0.4 is 16.1 Å². The van der Waals surface area contributed by atoms with Crippen molar-refractivity contribution in [3.8, 4) is 0 Å². The van der Waals surface area contributed by atoms with Crippen LogP contribution in [-0.4, -0.2) is 16.2 Å². The predicted molar refractivity (Wildman–Crippen MR) is 117 cm³/mol. The quantitative estimate of drug-likeness (QED) is 0.576. The van der Waals surface area contributed by atoms with E-state index in [1.54, 1.807) is 41.2 Å². The van der Waals surface area contributed by atoms with Gasteiger partial charge in [0.25, 0.3) is 0 Å². The molecule has 0 unspecified atom stereocenters. The molecule has 1 aliphatic heterocycles. The van der Waals surface area contributed by atoms with E-state index < -0.39 is 5.63 Å². The second kappa shape index (κ2) is 7.62. The summed E-state index contributed by atoms with van der Waals surface area (Å²) in [4.78, 5) is 21.6. The summed E-state index contributed by atoms with van der Waals surface area (Å²) in [7, 11) is 0. The number of hydrazine groups is 1. The second-order valence-corrected chi connectivity index (χ2v) is 8.05. The van der Waals surface area contributed by atoms with Crippen molar-refractivity contribution in [2.24, 2.45) is 0 Å². The number of aromatic nitrogens is 2. The lowest BCUT2D eigenvalue weighted by molar-refractivity contribution is 0.483. The Labute approximate surface area is 178 Å². The van der Waals surface area contributed by atoms with Crippen molar-refractivity contribution in [2.75, 3.05) is 11.3 Å². The van der Waals surface area contributed by atoms with Gasteiger partial charge in [-0.15, -0.1) is 11.8 Å². The highest BCUT2D eigenvalue weighted by Gasteiger charge is 2.28. The fraction of sp³-hybridized carbons (Fsp3) is 0.105. The summed E-state index contributed by atoms with van der Waals surface area (Å²) in [6, 6.07) is 7.11. The minimum atomic E-state index is -0.459. The fourth-order valence-electron chi connectivity index (χ4n) is 2.90. The summed E-state index contributed by atoms with van der Waals surface area (Å²) in [6.07, 6.45) is 5.43. The highest BCUT2D eigenvalue weighted by molar-refractivity contribution is 9.10. The summed E-state index contributed by atoms with van der Waals surface area (Å²) in [6.45, 7) is 1.90. The standard InChI is InChI=1S/C19H14BrClN4O2S/c1-10-6-11(20)7-13-16(10)23-18(27-19(13)26)15-8-12(9-28-2)24-25(15)17-14(21)4-3-5-22-17/h3-9,24H,1-2H3. The lowest BCUT2D eigenvalue weighted by Crippen LogP contribution is -2.31. The molecule has 0 spiro atoms. The Hall–Kier alpha value is -2.29. The van der Waals surface area contributed by atoms with E-state index >= 15 is 0 Å². The molecule has 0 radical (unpaired) electrons. The number of anilines is 1. The first kappa shape index (κ1) is 19.0. The molecule has 0 amide bonds. The van der Waals surface area contributed by atoms with E-state index in [0.717, 1.165) is 15.7 Å². The number of nitrogens with one attached hydrogen (secondary N) is 1. The van der Waals surface area contributed by atoms with Gasteiger partial charge in [-0.25, -0.2) is 19.8 Å². The van der Waals surface area contributed by atoms with Gasteiger partial charge in [0, 0.05) is 10.7 Å². The molecule has 0 saturated carbocycles. The number of thioether (sulfide) groups is 1. The first-order valence-corrected chi connectivity index (χ1v) is 10.7. The molecule has 1 aliphatic rings. The minimum absolute atomic E-state index is 0.182. The average Bonchev–Trinajstić information content (AvgIpc) is 3.07. The molecule has 3 aromatic rings. The number of hydrogen-bond acceptors (Lipinski definition) is 7. The van der Waals surface area contributed by atoms with Crippen LogP contribution in [0.1, 0.15) is 11.5 Å². The van der Waals surface area contributed by atoms with Crippen molar-refractivity contribution >= 4 is 61.7 Å². The molecule has 0 fully saturated rings. The zero-order valence-electron chi connectivity index (χ0n) is 14.9. The first-order valence-electron chi connectivity index (χ1n) is 8.21. The van der Waals surface area contributed by atoms with Crippen LogP contribution in [0.25, 0.3) is 16.6 Å². The summed E-state index contributed by atoms with van der Waals surface area (Å²) in [5, 5.41) is 4.47. The van der Waals surface area contributed by atoms with Crippen LogP contribution in [0.5, 0.6) is 0 Å². The molecular weight excluding hydrogens is 464 g/mol. The number of nitrogens with zero attached hydrogens (tertiary/aromatic N) is 3. The molecule has 28 heavy (non-hydrogen) atoms. The normalized spacial score (nSPS) is 15.2. The lowest BCUT2D eigenvalue weighted by atomic mass is 10.1. The summed E-state index contributed by atoms with van der Waals surface area (Å²) < 4.78 is 6.36. The molecule has 9 heteroatoms. The maximum Gasteiger partial charge on any atom is 0.347 e. The van der Waals surface area contributed by atoms with Crippen molar-refractivity contribution in [3.63, 3.8) is 0 Å². The highest BCUT2D eigenvalue weighted by atomic mass is 79.9. The Balaban J connectivity index is 1.92. The predicted octanol–water partition coefficient (Wildman–Crippen LogP) is 4.88. The van der Waals surface area contributed by atoms with Crippen molar-refractivity contribution in [2.45, 2.75) is 6.92 Å². The third-order valence-corrected chi connectivity index (χ3v) is 5.32. The summed E-state index contributed by atoms with van der Waals surface area (Å²) in [5.41, 5.74) is 5.56.